The Morgan fingerprint density at radius 2 is 2.00 bits per heavy atom. The molecule has 1 N–H and O–H groups in total. The highest BCUT2D eigenvalue weighted by molar-refractivity contribution is 6.30. The van der Waals surface area contributed by atoms with Crippen molar-refractivity contribution in [2.45, 2.75) is 0 Å². The quantitative estimate of drug-likeness (QED) is 0.797. The molecular formula is C16H11ClN6. The van der Waals surface area contributed by atoms with Crippen LogP contribution < -0.4 is 5.32 Å². The summed E-state index contributed by atoms with van der Waals surface area (Å²) >= 11 is 5.95. The van der Waals surface area contributed by atoms with E-state index < -0.39 is 0 Å². The van der Waals surface area contributed by atoms with Crippen molar-refractivity contribution in [1.29, 1.82) is 5.26 Å². The number of aromatic nitrogens is 4. The molecule has 0 aliphatic rings. The monoisotopic (exact) mass is 322 g/mol. The summed E-state index contributed by atoms with van der Waals surface area (Å²) in [6.07, 6.45) is 3.38. The Morgan fingerprint density at radius 1 is 1.17 bits per heavy atom. The molecule has 0 unspecified atom stereocenters. The van der Waals surface area contributed by atoms with Gasteiger partial charge in [0, 0.05) is 17.3 Å². The van der Waals surface area contributed by atoms with Gasteiger partial charge in [-0.1, -0.05) is 29.8 Å². The molecule has 0 saturated carbocycles. The van der Waals surface area contributed by atoms with Crippen molar-refractivity contribution in [2.75, 3.05) is 5.32 Å². The van der Waals surface area contributed by atoms with Gasteiger partial charge >= 0.3 is 0 Å². The maximum absolute atomic E-state index is 9.09. The predicted octanol–water partition coefficient (Wildman–Crippen LogP) is 3.27. The van der Waals surface area contributed by atoms with Crippen molar-refractivity contribution in [2.24, 2.45) is 0 Å². The molecule has 1 heterocycles. The van der Waals surface area contributed by atoms with Crippen LogP contribution in [-0.2, 0) is 0 Å². The molecule has 0 fully saturated rings. The van der Waals surface area contributed by atoms with Gasteiger partial charge in [-0.25, -0.2) is 0 Å². The minimum absolute atomic E-state index is 0.502. The highest BCUT2D eigenvalue weighted by atomic mass is 35.5. The Bertz CT molecular complexity index is 879. The van der Waals surface area contributed by atoms with Crippen molar-refractivity contribution >= 4 is 23.4 Å². The van der Waals surface area contributed by atoms with Crippen molar-refractivity contribution in [3.63, 3.8) is 0 Å². The van der Waals surface area contributed by atoms with Gasteiger partial charge in [0.1, 0.15) is 6.07 Å². The van der Waals surface area contributed by atoms with E-state index in [-0.39, 0.29) is 0 Å². The predicted molar refractivity (Wildman–Crippen MR) is 88.0 cm³/mol. The summed E-state index contributed by atoms with van der Waals surface area (Å²) in [6, 6.07) is 16.7. The lowest BCUT2D eigenvalue weighted by Crippen LogP contribution is -1.99. The Labute approximate surface area is 137 Å². The number of nitrogens with zero attached hydrogens (tertiary/aromatic N) is 5. The van der Waals surface area contributed by atoms with Gasteiger partial charge in [-0.15, -0.1) is 5.10 Å². The number of nitriles is 1. The summed E-state index contributed by atoms with van der Waals surface area (Å²) in [5.74, 6) is 0.559. The van der Waals surface area contributed by atoms with E-state index in [1.54, 1.807) is 35.2 Å². The number of anilines is 1. The van der Waals surface area contributed by atoms with Crippen LogP contribution >= 0.6 is 11.6 Å². The van der Waals surface area contributed by atoms with Gasteiger partial charge in [0.15, 0.2) is 5.82 Å². The largest absolute Gasteiger partial charge is 0.360 e. The van der Waals surface area contributed by atoms with E-state index >= 15 is 0 Å². The lowest BCUT2D eigenvalue weighted by Gasteiger charge is -2.04. The van der Waals surface area contributed by atoms with Gasteiger partial charge in [-0.2, -0.15) is 9.94 Å². The molecule has 0 bridgehead atoms. The van der Waals surface area contributed by atoms with Crippen LogP contribution in [0.4, 0.5) is 5.69 Å². The molecule has 0 atom stereocenters. The fourth-order valence-electron chi connectivity index (χ4n) is 1.99. The summed E-state index contributed by atoms with van der Waals surface area (Å²) in [5, 5.41) is 24.3. The number of hydrogen-bond donors (Lipinski definition) is 1. The third kappa shape index (κ3) is 3.36. The molecule has 6 nitrogen and oxygen atoms in total. The first-order chi connectivity index (χ1) is 11.3. The smallest absolute Gasteiger partial charge is 0.181 e. The molecular weight excluding hydrogens is 312 g/mol. The molecule has 0 spiro atoms. The summed E-state index contributed by atoms with van der Waals surface area (Å²) in [4.78, 5) is 0. The molecule has 3 rings (SSSR count). The number of benzene rings is 2. The number of tetrazole rings is 1. The minimum atomic E-state index is 0.502. The van der Waals surface area contributed by atoms with Crippen LogP contribution in [0.3, 0.4) is 0 Å². The topological polar surface area (TPSA) is 79.4 Å². The number of para-hydroxylation sites is 1. The van der Waals surface area contributed by atoms with Crippen LogP contribution in [0, 0.1) is 11.3 Å². The SMILES string of the molecule is N#Cc1ccc(Cl)cc1N/C=C/c1nnnn1-c1ccccc1. The second-order valence-corrected chi connectivity index (χ2v) is 5.00. The molecule has 1 aromatic heterocycles. The van der Waals surface area contributed by atoms with Crippen molar-refractivity contribution in [3.8, 4) is 11.8 Å². The van der Waals surface area contributed by atoms with Crippen LogP contribution in [0.2, 0.25) is 5.02 Å². The summed E-state index contributed by atoms with van der Waals surface area (Å²) in [6.45, 7) is 0. The van der Waals surface area contributed by atoms with E-state index in [4.69, 9.17) is 16.9 Å². The van der Waals surface area contributed by atoms with E-state index in [1.807, 2.05) is 30.3 Å². The highest BCUT2D eigenvalue weighted by Crippen LogP contribution is 2.20. The molecule has 7 heteroatoms. The highest BCUT2D eigenvalue weighted by Gasteiger charge is 2.05. The minimum Gasteiger partial charge on any atom is -0.360 e. The van der Waals surface area contributed by atoms with Crippen LogP contribution in [0.5, 0.6) is 0 Å². The zero-order valence-corrected chi connectivity index (χ0v) is 12.6. The summed E-state index contributed by atoms with van der Waals surface area (Å²) < 4.78 is 1.61. The maximum atomic E-state index is 9.09. The van der Waals surface area contributed by atoms with Crippen molar-refractivity contribution in [3.05, 3.63) is 71.1 Å². The standard InChI is InChI=1S/C16H11ClN6/c17-13-7-6-12(11-18)15(10-13)19-9-8-16-20-21-22-23(16)14-4-2-1-3-5-14/h1-10,19H/b9-8+. The van der Waals surface area contributed by atoms with Crippen molar-refractivity contribution in [1.82, 2.24) is 20.2 Å². The van der Waals surface area contributed by atoms with Crippen LogP contribution in [0.25, 0.3) is 11.8 Å². The molecule has 23 heavy (non-hydrogen) atoms. The number of nitrogens with one attached hydrogen (secondary N) is 1. The number of hydrogen-bond acceptors (Lipinski definition) is 5. The molecule has 0 aliphatic heterocycles. The zero-order chi connectivity index (χ0) is 16.1. The Hall–Kier alpha value is -3.17. The fourth-order valence-corrected chi connectivity index (χ4v) is 2.16. The maximum Gasteiger partial charge on any atom is 0.181 e. The van der Waals surface area contributed by atoms with Gasteiger partial charge in [0.2, 0.25) is 0 Å². The van der Waals surface area contributed by atoms with Gasteiger partial charge < -0.3 is 5.32 Å². The molecule has 0 aliphatic carbocycles. The first-order valence-corrected chi connectivity index (χ1v) is 7.12. The zero-order valence-electron chi connectivity index (χ0n) is 11.9. The second kappa shape index (κ2) is 6.73. The molecule has 2 aromatic carbocycles. The third-order valence-corrected chi connectivity index (χ3v) is 3.30. The van der Waals surface area contributed by atoms with E-state index in [1.165, 1.54) is 0 Å². The average Bonchev–Trinajstić information content (AvgIpc) is 3.04. The molecule has 0 saturated heterocycles. The Morgan fingerprint density at radius 3 is 2.78 bits per heavy atom. The van der Waals surface area contributed by atoms with E-state index in [2.05, 4.69) is 26.9 Å². The fraction of sp³-hybridized carbons (Fsp3) is 0. The number of rotatable bonds is 4. The Kier molecular flexibility index (Phi) is 4.32. The molecule has 0 amide bonds. The van der Waals surface area contributed by atoms with E-state index in [0.29, 0.717) is 22.1 Å². The molecule has 3 aromatic rings. The summed E-state index contributed by atoms with van der Waals surface area (Å²) in [7, 11) is 0. The first-order valence-electron chi connectivity index (χ1n) is 6.74. The second-order valence-electron chi connectivity index (χ2n) is 4.56. The molecule has 112 valence electrons. The van der Waals surface area contributed by atoms with E-state index in [0.717, 1.165) is 5.69 Å². The third-order valence-electron chi connectivity index (χ3n) is 3.07. The van der Waals surface area contributed by atoms with Gasteiger partial charge in [0.05, 0.1) is 16.9 Å². The van der Waals surface area contributed by atoms with E-state index in [9.17, 15) is 0 Å². The van der Waals surface area contributed by atoms with Gasteiger partial charge in [0.25, 0.3) is 0 Å². The lowest BCUT2D eigenvalue weighted by molar-refractivity contribution is 0.787. The van der Waals surface area contributed by atoms with Crippen LogP contribution in [0.15, 0.2) is 54.7 Å². The van der Waals surface area contributed by atoms with Gasteiger partial charge in [-0.3, -0.25) is 0 Å². The van der Waals surface area contributed by atoms with Crippen LogP contribution in [-0.4, -0.2) is 20.2 Å². The normalized spacial score (nSPS) is 10.6. The summed E-state index contributed by atoms with van der Waals surface area (Å²) in [5.41, 5.74) is 1.98. The average molecular weight is 323 g/mol. The van der Waals surface area contributed by atoms with Gasteiger partial charge in [-0.05, 0) is 40.8 Å². The number of halogens is 1. The van der Waals surface area contributed by atoms with Crippen LogP contribution in [0.1, 0.15) is 11.4 Å². The first kappa shape index (κ1) is 14.8. The molecule has 0 radical (unpaired) electrons. The lowest BCUT2D eigenvalue weighted by atomic mass is 10.2. The Balaban J connectivity index is 1.82. The van der Waals surface area contributed by atoms with Crippen molar-refractivity contribution < 1.29 is 0 Å².